The molecule has 0 heterocycles. The minimum atomic E-state index is -3.80. The monoisotopic (exact) mass is 366 g/mol. The molecule has 1 rings (SSSR count). The number of hydrogen-bond donors (Lipinski definition) is 3. The van der Waals surface area contributed by atoms with E-state index >= 15 is 0 Å². The second-order valence-corrected chi connectivity index (χ2v) is 6.16. The van der Waals surface area contributed by atoms with Crippen molar-refractivity contribution >= 4 is 34.0 Å². The lowest BCUT2D eigenvalue weighted by molar-refractivity contribution is -0.384. The average Bonchev–Trinajstić information content (AvgIpc) is 2.47. The predicted octanol–water partition coefficient (Wildman–Crippen LogP) is 0.150. The Hall–Kier alpha value is -1.75. The smallest absolute Gasteiger partial charge is 0.269 e. The van der Waals surface area contributed by atoms with Crippen LogP contribution in [0.15, 0.2) is 29.2 Å². The van der Waals surface area contributed by atoms with Gasteiger partial charge in [0.1, 0.15) is 0 Å². The molecule has 1 aromatic carbocycles. The van der Waals surface area contributed by atoms with Gasteiger partial charge in [0.05, 0.1) is 9.82 Å². The van der Waals surface area contributed by atoms with E-state index in [4.69, 9.17) is 5.73 Å². The number of carbonyl (C=O) groups excluding carboxylic acids is 1. The topological polar surface area (TPSA) is 144 Å². The number of sulfonamides is 1. The second kappa shape index (κ2) is 10.1. The van der Waals surface area contributed by atoms with Crippen LogP contribution in [0.25, 0.3) is 0 Å². The molecule has 9 nitrogen and oxygen atoms in total. The number of nitrogens with one attached hydrogen (secondary N) is 2. The molecule has 0 radical (unpaired) electrons. The van der Waals surface area contributed by atoms with Crippen molar-refractivity contribution in [2.75, 3.05) is 19.6 Å². The van der Waals surface area contributed by atoms with Crippen LogP contribution in [0.3, 0.4) is 0 Å². The van der Waals surface area contributed by atoms with Crippen molar-refractivity contribution in [1.82, 2.24) is 10.0 Å². The van der Waals surface area contributed by atoms with E-state index in [0.29, 0.717) is 19.5 Å². The Morgan fingerprint density at radius 2 is 1.83 bits per heavy atom. The molecule has 130 valence electrons. The number of nitro groups is 1. The van der Waals surface area contributed by atoms with Crippen LogP contribution in [0.4, 0.5) is 5.69 Å². The Balaban J connectivity index is 0.00000484. The van der Waals surface area contributed by atoms with E-state index in [1.807, 2.05) is 0 Å². The van der Waals surface area contributed by atoms with Crippen molar-refractivity contribution in [3.63, 3.8) is 0 Å². The molecule has 0 bridgehead atoms. The van der Waals surface area contributed by atoms with Gasteiger partial charge in [-0.05, 0) is 25.1 Å². The average molecular weight is 367 g/mol. The summed E-state index contributed by atoms with van der Waals surface area (Å²) in [7, 11) is -3.80. The van der Waals surface area contributed by atoms with Crippen LogP contribution in [0.2, 0.25) is 0 Å². The van der Waals surface area contributed by atoms with Crippen molar-refractivity contribution in [1.29, 1.82) is 0 Å². The third-order valence-corrected chi connectivity index (χ3v) is 4.18. The third kappa shape index (κ3) is 7.37. The summed E-state index contributed by atoms with van der Waals surface area (Å²) in [5, 5.41) is 13.1. The molecule has 0 unspecified atom stereocenters. The van der Waals surface area contributed by atoms with Gasteiger partial charge in [0.25, 0.3) is 5.69 Å². The summed E-state index contributed by atoms with van der Waals surface area (Å²) in [5.41, 5.74) is 5.08. The number of benzene rings is 1. The Kier molecular flexibility index (Phi) is 9.34. The van der Waals surface area contributed by atoms with Crippen molar-refractivity contribution < 1.29 is 18.1 Å². The molecule has 4 N–H and O–H groups in total. The van der Waals surface area contributed by atoms with E-state index in [2.05, 4.69) is 10.0 Å². The van der Waals surface area contributed by atoms with E-state index in [1.165, 1.54) is 0 Å². The van der Waals surface area contributed by atoms with E-state index < -0.39 is 14.9 Å². The Bertz CT molecular complexity index is 621. The number of nitro benzene ring substituents is 1. The summed E-state index contributed by atoms with van der Waals surface area (Å²) in [6, 6.07) is 4.49. The number of carbonyl (C=O) groups is 1. The van der Waals surface area contributed by atoms with Crippen LogP contribution in [-0.2, 0) is 14.8 Å². The molecule has 0 atom stereocenters. The first-order valence-electron chi connectivity index (χ1n) is 6.57. The number of non-ortho nitro benzene ring substituents is 1. The standard InChI is InChI=1S/C12H18N4O5S.ClH/c13-7-1-8-14-12(17)6-9-15-22(20,21)11-4-2-10(3-5-11)16(18)19;/h2-5,15H,1,6-9,13H2,(H,14,17);1H. The van der Waals surface area contributed by atoms with Gasteiger partial charge in [0.15, 0.2) is 0 Å². The molecule has 1 amide bonds. The van der Waals surface area contributed by atoms with Gasteiger partial charge in [0, 0.05) is 31.6 Å². The van der Waals surface area contributed by atoms with E-state index in [1.54, 1.807) is 0 Å². The van der Waals surface area contributed by atoms with Crippen LogP contribution in [0.5, 0.6) is 0 Å². The summed E-state index contributed by atoms with van der Waals surface area (Å²) in [6.45, 7) is 0.852. The molecule has 23 heavy (non-hydrogen) atoms. The number of rotatable bonds is 9. The first kappa shape index (κ1) is 21.2. The first-order valence-corrected chi connectivity index (χ1v) is 8.06. The van der Waals surface area contributed by atoms with Crippen LogP contribution >= 0.6 is 12.4 Å². The number of amides is 1. The zero-order chi connectivity index (χ0) is 16.6. The van der Waals surface area contributed by atoms with Crippen LogP contribution in [-0.4, -0.2) is 38.9 Å². The molecule has 0 aliphatic carbocycles. The van der Waals surface area contributed by atoms with Crippen molar-refractivity contribution in [3.8, 4) is 0 Å². The largest absolute Gasteiger partial charge is 0.356 e. The number of hydrogen-bond acceptors (Lipinski definition) is 6. The summed E-state index contributed by atoms with van der Waals surface area (Å²) in [6.07, 6.45) is 0.650. The van der Waals surface area contributed by atoms with Crippen molar-refractivity contribution in [2.24, 2.45) is 5.73 Å². The van der Waals surface area contributed by atoms with Gasteiger partial charge in [-0.1, -0.05) is 0 Å². The lowest BCUT2D eigenvalue weighted by Crippen LogP contribution is -2.31. The lowest BCUT2D eigenvalue weighted by Gasteiger charge is -2.07. The van der Waals surface area contributed by atoms with Gasteiger partial charge in [-0.3, -0.25) is 14.9 Å². The maximum Gasteiger partial charge on any atom is 0.269 e. The van der Waals surface area contributed by atoms with Crippen LogP contribution in [0, 0.1) is 10.1 Å². The highest BCUT2D eigenvalue weighted by Crippen LogP contribution is 2.15. The Morgan fingerprint density at radius 3 is 2.35 bits per heavy atom. The minimum absolute atomic E-state index is 0. The normalized spacial score (nSPS) is 10.7. The van der Waals surface area contributed by atoms with Gasteiger partial charge in [0.2, 0.25) is 15.9 Å². The maximum atomic E-state index is 11.9. The van der Waals surface area contributed by atoms with Gasteiger partial charge in [-0.25, -0.2) is 13.1 Å². The SMILES string of the molecule is Cl.NCCCNC(=O)CCNS(=O)(=O)c1ccc([N+](=O)[O-])cc1. The molecular formula is C12H19ClN4O5S. The third-order valence-electron chi connectivity index (χ3n) is 2.71. The molecule has 0 saturated heterocycles. The first-order chi connectivity index (χ1) is 10.4. The molecular weight excluding hydrogens is 348 g/mol. The maximum absolute atomic E-state index is 11.9. The lowest BCUT2D eigenvalue weighted by atomic mass is 10.3. The van der Waals surface area contributed by atoms with Gasteiger partial charge in [-0.15, -0.1) is 12.4 Å². The molecule has 0 aromatic heterocycles. The minimum Gasteiger partial charge on any atom is -0.356 e. The molecule has 11 heteroatoms. The van der Waals surface area contributed by atoms with Crippen molar-refractivity contribution in [2.45, 2.75) is 17.7 Å². The zero-order valence-electron chi connectivity index (χ0n) is 12.2. The fourth-order valence-electron chi connectivity index (χ4n) is 1.55. The molecule has 0 fully saturated rings. The van der Waals surface area contributed by atoms with E-state index in [9.17, 15) is 23.3 Å². The highest BCUT2D eigenvalue weighted by atomic mass is 35.5. The van der Waals surface area contributed by atoms with Crippen LogP contribution in [0.1, 0.15) is 12.8 Å². The number of nitrogens with zero attached hydrogens (tertiary/aromatic N) is 1. The molecule has 1 aromatic rings. The van der Waals surface area contributed by atoms with E-state index in [0.717, 1.165) is 24.3 Å². The number of nitrogens with two attached hydrogens (primary N) is 1. The van der Waals surface area contributed by atoms with Gasteiger partial charge in [-0.2, -0.15) is 0 Å². The van der Waals surface area contributed by atoms with Gasteiger partial charge >= 0.3 is 0 Å². The molecule has 0 aliphatic heterocycles. The fraction of sp³-hybridized carbons (Fsp3) is 0.417. The Morgan fingerprint density at radius 1 is 1.22 bits per heavy atom. The second-order valence-electron chi connectivity index (χ2n) is 4.39. The number of halogens is 1. The quantitative estimate of drug-likeness (QED) is 0.322. The summed E-state index contributed by atoms with van der Waals surface area (Å²) in [4.78, 5) is 21.2. The van der Waals surface area contributed by atoms with Crippen LogP contribution < -0.4 is 15.8 Å². The fourth-order valence-corrected chi connectivity index (χ4v) is 2.58. The summed E-state index contributed by atoms with van der Waals surface area (Å²) >= 11 is 0. The summed E-state index contributed by atoms with van der Waals surface area (Å²) in [5.74, 6) is -0.278. The highest BCUT2D eigenvalue weighted by molar-refractivity contribution is 7.89. The molecule has 0 saturated carbocycles. The molecule has 0 aliphatic rings. The van der Waals surface area contributed by atoms with E-state index in [-0.39, 0.29) is 41.9 Å². The van der Waals surface area contributed by atoms with Gasteiger partial charge < -0.3 is 11.1 Å². The zero-order valence-corrected chi connectivity index (χ0v) is 13.9. The Labute approximate surface area is 140 Å². The molecule has 0 spiro atoms. The summed E-state index contributed by atoms with van der Waals surface area (Å²) < 4.78 is 26.1. The highest BCUT2D eigenvalue weighted by Gasteiger charge is 2.15. The van der Waals surface area contributed by atoms with Crippen molar-refractivity contribution in [3.05, 3.63) is 34.4 Å². The predicted molar refractivity (Wildman–Crippen MR) is 86.8 cm³/mol.